The molecular weight excluding hydrogens is 214 g/mol. The van der Waals surface area contributed by atoms with Gasteiger partial charge in [0.2, 0.25) is 0 Å². The van der Waals surface area contributed by atoms with Crippen LogP contribution in [0, 0.1) is 13.8 Å². The molecule has 0 amide bonds. The minimum Gasteiger partial charge on any atom is -0.469 e. The van der Waals surface area contributed by atoms with Crippen LogP contribution in [0.1, 0.15) is 24.8 Å². The number of aromatic nitrogens is 2. The molecule has 0 aromatic carbocycles. The van der Waals surface area contributed by atoms with Crippen molar-refractivity contribution in [2.24, 2.45) is 0 Å². The van der Waals surface area contributed by atoms with Crippen molar-refractivity contribution in [3.8, 4) is 11.4 Å². The van der Waals surface area contributed by atoms with E-state index in [4.69, 9.17) is 4.42 Å². The van der Waals surface area contributed by atoms with Crippen LogP contribution in [0.15, 0.2) is 22.8 Å². The SMILES string of the molecule is CCCNc1cc(C)nc(-c2ccoc2C)n1. The van der Waals surface area contributed by atoms with Crippen molar-refractivity contribution in [3.05, 3.63) is 29.9 Å². The van der Waals surface area contributed by atoms with Crippen LogP contribution in [0.2, 0.25) is 0 Å². The molecule has 0 spiro atoms. The molecule has 0 fully saturated rings. The summed E-state index contributed by atoms with van der Waals surface area (Å²) in [5, 5.41) is 3.28. The van der Waals surface area contributed by atoms with Gasteiger partial charge in [0.15, 0.2) is 5.82 Å². The Morgan fingerprint density at radius 2 is 2.12 bits per heavy atom. The van der Waals surface area contributed by atoms with Gasteiger partial charge >= 0.3 is 0 Å². The second-order valence-corrected chi connectivity index (χ2v) is 4.04. The third kappa shape index (κ3) is 2.64. The summed E-state index contributed by atoms with van der Waals surface area (Å²) in [5.74, 6) is 2.43. The largest absolute Gasteiger partial charge is 0.469 e. The highest BCUT2D eigenvalue weighted by Gasteiger charge is 2.09. The van der Waals surface area contributed by atoms with E-state index in [9.17, 15) is 0 Å². The lowest BCUT2D eigenvalue weighted by molar-refractivity contribution is 0.535. The highest BCUT2D eigenvalue weighted by atomic mass is 16.3. The Kier molecular flexibility index (Phi) is 3.42. The average molecular weight is 231 g/mol. The van der Waals surface area contributed by atoms with E-state index >= 15 is 0 Å². The molecule has 0 aliphatic heterocycles. The molecule has 0 unspecified atom stereocenters. The van der Waals surface area contributed by atoms with Gasteiger partial charge < -0.3 is 9.73 Å². The Hall–Kier alpha value is -1.84. The van der Waals surface area contributed by atoms with Gasteiger partial charge in [-0.2, -0.15) is 0 Å². The first kappa shape index (κ1) is 11.6. The summed E-state index contributed by atoms with van der Waals surface area (Å²) in [6, 6.07) is 3.85. The molecule has 0 saturated heterocycles. The number of nitrogens with zero attached hydrogens (tertiary/aromatic N) is 2. The van der Waals surface area contributed by atoms with Crippen LogP contribution >= 0.6 is 0 Å². The van der Waals surface area contributed by atoms with Crippen molar-refractivity contribution in [3.63, 3.8) is 0 Å². The maximum atomic E-state index is 5.28. The van der Waals surface area contributed by atoms with Crippen LogP contribution < -0.4 is 5.32 Å². The molecule has 1 N–H and O–H groups in total. The zero-order valence-corrected chi connectivity index (χ0v) is 10.4. The number of furan rings is 1. The van der Waals surface area contributed by atoms with Gasteiger partial charge in [0, 0.05) is 18.3 Å². The van der Waals surface area contributed by atoms with Gasteiger partial charge in [-0.25, -0.2) is 9.97 Å². The van der Waals surface area contributed by atoms with E-state index < -0.39 is 0 Å². The molecule has 90 valence electrons. The first-order chi connectivity index (χ1) is 8.20. The highest BCUT2D eigenvalue weighted by molar-refractivity contribution is 5.59. The van der Waals surface area contributed by atoms with Crippen molar-refractivity contribution in [2.75, 3.05) is 11.9 Å². The summed E-state index contributed by atoms with van der Waals surface area (Å²) < 4.78 is 5.28. The molecule has 17 heavy (non-hydrogen) atoms. The molecule has 0 atom stereocenters. The Morgan fingerprint density at radius 3 is 2.76 bits per heavy atom. The second-order valence-electron chi connectivity index (χ2n) is 4.04. The van der Waals surface area contributed by atoms with Gasteiger partial charge in [-0.3, -0.25) is 0 Å². The topological polar surface area (TPSA) is 51.0 Å². The van der Waals surface area contributed by atoms with Crippen LogP contribution in [-0.4, -0.2) is 16.5 Å². The van der Waals surface area contributed by atoms with Crippen LogP contribution in [-0.2, 0) is 0 Å². The van der Waals surface area contributed by atoms with Crippen LogP contribution in [0.3, 0.4) is 0 Å². The maximum Gasteiger partial charge on any atom is 0.165 e. The molecule has 0 aliphatic carbocycles. The summed E-state index contributed by atoms with van der Waals surface area (Å²) in [5.41, 5.74) is 1.91. The molecule has 0 radical (unpaired) electrons. The molecule has 2 aromatic heterocycles. The zero-order valence-electron chi connectivity index (χ0n) is 10.4. The monoisotopic (exact) mass is 231 g/mol. The number of hydrogen-bond acceptors (Lipinski definition) is 4. The quantitative estimate of drug-likeness (QED) is 0.878. The first-order valence-electron chi connectivity index (χ1n) is 5.84. The van der Waals surface area contributed by atoms with Crippen molar-refractivity contribution in [1.82, 2.24) is 9.97 Å². The third-order valence-electron chi connectivity index (χ3n) is 2.51. The van der Waals surface area contributed by atoms with Gasteiger partial charge in [0.05, 0.1) is 11.8 Å². The first-order valence-corrected chi connectivity index (χ1v) is 5.84. The predicted molar refractivity (Wildman–Crippen MR) is 68.0 cm³/mol. The third-order valence-corrected chi connectivity index (χ3v) is 2.51. The van der Waals surface area contributed by atoms with E-state index in [1.165, 1.54) is 0 Å². The van der Waals surface area contributed by atoms with Crippen LogP contribution in [0.25, 0.3) is 11.4 Å². The van der Waals surface area contributed by atoms with E-state index in [1.807, 2.05) is 26.0 Å². The summed E-state index contributed by atoms with van der Waals surface area (Å²) in [6.45, 7) is 6.93. The van der Waals surface area contributed by atoms with E-state index in [0.717, 1.165) is 41.6 Å². The number of anilines is 1. The lowest BCUT2D eigenvalue weighted by atomic mass is 10.2. The average Bonchev–Trinajstić information content (AvgIpc) is 2.72. The minimum atomic E-state index is 0.717. The fraction of sp³-hybridized carbons (Fsp3) is 0.385. The fourth-order valence-electron chi connectivity index (χ4n) is 1.65. The van der Waals surface area contributed by atoms with E-state index in [1.54, 1.807) is 6.26 Å². The van der Waals surface area contributed by atoms with E-state index in [-0.39, 0.29) is 0 Å². The van der Waals surface area contributed by atoms with Crippen LogP contribution in [0.5, 0.6) is 0 Å². The van der Waals surface area contributed by atoms with Gasteiger partial charge in [0.1, 0.15) is 11.6 Å². The standard InChI is InChI=1S/C13H17N3O/c1-4-6-14-12-8-9(2)15-13(16-12)11-5-7-17-10(11)3/h5,7-8H,4,6H2,1-3H3,(H,14,15,16). The second kappa shape index (κ2) is 4.99. The molecule has 0 bridgehead atoms. The Morgan fingerprint density at radius 1 is 1.29 bits per heavy atom. The molecule has 4 heteroatoms. The summed E-state index contributed by atoms with van der Waals surface area (Å²) in [6.07, 6.45) is 2.73. The summed E-state index contributed by atoms with van der Waals surface area (Å²) in [4.78, 5) is 8.93. The van der Waals surface area contributed by atoms with Gasteiger partial charge in [-0.15, -0.1) is 0 Å². The smallest absolute Gasteiger partial charge is 0.165 e. The molecule has 0 aliphatic rings. The fourth-order valence-corrected chi connectivity index (χ4v) is 1.65. The molecule has 2 rings (SSSR count). The lowest BCUT2D eigenvalue weighted by Crippen LogP contribution is -2.04. The highest BCUT2D eigenvalue weighted by Crippen LogP contribution is 2.22. The summed E-state index contributed by atoms with van der Waals surface area (Å²) in [7, 11) is 0. The Labute approximate surface area is 101 Å². The van der Waals surface area contributed by atoms with Crippen LogP contribution in [0.4, 0.5) is 5.82 Å². The minimum absolute atomic E-state index is 0.717. The van der Waals surface area contributed by atoms with Gasteiger partial charge in [0.25, 0.3) is 0 Å². The van der Waals surface area contributed by atoms with Crippen molar-refractivity contribution in [1.29, 1.82) is 0 Å². The number of rotatable bonds is 4. The number of nitrogens with one attached hydrogen (secondary N) is 1. The maximum absolute atomic E-state index is 5.28. The lowest BCUT2D eigenvalue weighted by Gasteiger charge is -2.07. The molecular formula is C13H17N3O. The van der Waals surface area contributed by atoms with Gasteiger partial charge in [-0.1, -0.05) is 6.92 Å². The zero-order chi connectivity index (χ0) is 12.3. The predicted octanol–water partition coefficient (Wildman–Crippen LogP) is 3.18. The number of hydrogen-bond donors (Lipinski definition) is 1. The van der Waals surface area contributed by atoms with E-state index in [0.29, 0.717) is 0 Å². The molecule has 4 nitrogen and oxygen atoms in total. The van der Waals surface area contributed by atoms with Crippen molar-refractivity contribution < 1.29 is 4.42 Å². The molecule has 2 heterocycles. The van der Waals surface area contributed by atoms with Crippen molar-refractivity contribution in [2.45, 2.75) is 27.2 Å². The van der Waals surface area contributed by atoms with Crippen molar-refractivity contribution >= 4 is 5.82 Å². The summed E-state index contributed by atoms with van der Waals surface area (Å²) >= 11 is 0. The van der Waals surface area contributed by atoms with E-state index in [2.05, 4.69) is 22.2 Å². The Bertz CT molecular complexity index is 505. The number of aryl methyl sites for hydroxylation is 2. The van der Waals surface area contributed by atoms with Gasteiger partial charge in [-0.05, 0) is 26.3 Å². The normalized spacial score (nSPS) is 10.5. The Balaban J connectivity index is 2.35. The molecule has 0 saturated carbocycles. The molecule has 2 aromatic rings.